The van der Waals surface area contributed by atoms with Gasteiger partial charge in [0.1, 0.15) is 29.7 Å². The Morgan fingerprint density at radius 2 is 1.89 bits per heavy atom. The van der Waals surface area contributed by atoms with Gasteiger partial charge < -0.3 is 15.2 Å². The molecular formula is C27H22N6O4. The highest BCUT2D eigenvalue weighted by molar-refractivity contribution is 5.95. The van der Waals surface area contributed by atoms with Gasteiger partial charge in [-0.15, -0.1) is 0 Å². The van der Waals surface area contributed by atoms with E-state index in [9.17, 15) is 14.9 Å². The monoisotopic (exact) mass is 494 g/mol. The van der Waals surface area contributed by atoms with E-state index >= 15 is 0 Å². The molecule has 1 heterocycles. The minimum atomic E-state index is -0.584. The number of aromatic amines is 1. The molecule has 0 radical (unpaired) electrons. The Balaban J connectivity index is 1.53. The summed E-state index contributed by atoms with van der Waals surface area (Å²) < 4.78 is 11.3. The van der Waals surface area contributed by atoms with Crippen LogP contribution in [-0.2, 0) is 6.61 Å². The number of hydrogen-bond donors (Lipinski definition) is 3. The van der Waals surface area contributed by atoms with Crippen molar-refractivity contribution < 1.29 is 14.3 Å². The van der Waals surface area contributed by atoms with Crippen molar-refractivity contribution >= 4 is 18.1 Å². The van der Waals surface area contributed by atoms with Crippen molar-refractivity contribution in [2.24, 2.45) is 10.8 Å². The van der Waals surface area contributed by atoms with Gasteiger partial charge in [-0.25, -0.2) is 10.4 Å². The number of hydrogen-bond acceptors (Lipinski definition) is 8. The SMILES string of the molecule is COc1ccc(C=NNc2nc(-c3ccccc3)c(C#N)c(=O)[nH]2)cc1COc1ccccc1C(N)=O. The number of benzene rings is 3. The second-order valence-corrected chi connectivity index (χ2v) is 7.71. The lowest BCUT2D eigenvalue weighted by atomic mass is 10.1. The van der Waals surface area contributed by atoms with Crippen LogP contribution >= 0.6 is 0 Å². The van der Waals surface area contributed by atoms with Gasteiger partial charge in [0.25, 0.3) is 11.5 Å². The number of para-hydroxylation sites is 1. The number of aromatic nitrogens is 2. The van der Waals surface area contributed by atoms with Crippen molar-refractivity contribution in [3.05, 3.63) is 105 Å². The molecule has 0 aliphatic heterocycles. The van der Waals surface area contributed by atoms with Gasteiger partial charge in [-0.3, -0.25) is 14.6 Å². The molecule has 1 aromatic heterocycles. The van der Waals surface area contributed by atoms with E-state index in [0.717, 1.165) is 0 Å². The van der Waals surface area contributed by atoms with Gasteiger partial charge >= 0.3 is 0 Å². The van der Waals surface area contributed by atoms with E-state index in [-0.39, 0.29) is 29.4 Å². The average molecular weight is 495 g/mol. The van der Waals surface area contributed by atoms with Crippen LogP contribution in [0.25, 0.3) is 11.3 Å². The standard InChI is InChI=1S/C27H22N6O4/c1-36-22-12-11-17(13-19(22)16-37-23-10-6-5-9-20(23)25(29)34)15-30-33-27-31-24(18-7-3-2-4-8-18)21(14-28)26(35)32-27/h2-13,15H,16H2,1H3,(H2,29,34)(H2,31,32,33,35). The summed E-state index contributed by atoms with van der Waals surface area (Å²) in [5.74, 6) is 0.453. The number of carbonyl (C=O) groups excluding carboxylic acids is 1. The number of ether oxygens (including phenoxy) is 2. The van der Waals surface area contributed by atoms with Gasteiger partial charge in [0.2, 0.25) is 5.95 Å². The van der Waals surface area contributed by atoms with Gasteiger partial charge in [0, 0.05) is 11.1 Å². The topological polar surface area (TPSA) is 155 Å². The number of hydrazone groups is 1. The maximum absolute atomic E-state index is 12.4. The first kappa shape index (κ1) is 24.7. The van der Waals surface area contributed by atoms with Crippen molar-refractivity contribution in [1.82, 2.24) is 9.97 Å². The fourth-order valence-electron chi connectivity index (χ4n) is 3.55. The summed E-state index contributed by atoms with van der Waals surface area (Å²) in [6.45, 7) is 0.119. The molecule has 0 spiro atoms. The second kappa shape index (κ2) is 11.3. The molecule has 0 unspecified atom stereocenters. The van der Waals surface area contributed by atoms with Crippen LogP contribution in [0.2, 0.25) is 0 Å². The Labute approximate surface area is 212 Å². The number of nitrogens with one attached hydrogen (secondary N) is 2. The Kier molecular flexibility index (Phi) is 7.56. The average Bonchev–Trinajstić information content (AvgIpc) is 2.92. The van der Waals surface area contributed by atoms with Gasteiger partial charge in [0.05, 0.1) is 24.6 Å². The Morgan fingerprint density at radius 1 is 1.14 bits per heavy atom. The molecule has 4 aromatic rings. The maximum Gasteiger partial charge on any atom is 0.270 e. The van der Waals surface area contributed by atoms with Crippen LogP contribution in [-0.4, -0.2) is 29.2 Å². The van der Waals surface area contributed by atoms with E-state index < -0.39 is 11.5 Å². The Morgan fingerprint density at radius 3 is 2.62 bits per heavy atom. The first-order valence-corrected chi connectivity index (χ1v) is 11.1. The number of nitrogens with zero attached hydrogens (tertiary/aromatic N) is 3. The van der Waals surface area contributed by atoms with E-state index in [0.29, 0.717) is 28.2 Å². The second-order valence-electron chi connectivity index (χ2n) is 7.71. The minimum Gasteiger partial charge on any atom is -0.496 e. The predicted octanol–water partition coefficient (Wildman–Crippen LogP) is 3.44. The summed E-state index contributed by atoms with van der Waals surface area (Å²) in [5, 5.41) is 13.6. The van der Waals surface area contributed by atoms with Gasteiger partial charge in [0.15, 0.2) is 0 Å². The molecule has 184 valence electrons. The number of anilines is 1. The number of primary amides is 1. The van der Waals surface area contributed by atoms with Gasteiger partial charge in [-0.05, 0) is 35.9 Å². The van der Waals surface area contributed by atoms with E-state index in [1.807, 2.05) is 12.1 Å². The van der Waals surface area contributed by atoms with Crippen LogP contribution in [0.15, 0.2) is 82.7 Å². The number of H-pyrrole nitrogens is 1. The zero-order valence-electron chi connectivity index (χ0n) is 19.8. The number of amides is 1. The zero-order valence-corrected chi connectivity index (χ0v) is 19.8. The first-order chi connectivity index (χ1) is 18.0. The molecule has 0 bridgehead atoms. The lowest BCUT2D eigenvalue weighted by molar-refractivity contribution is 0.0996. The normalized spacial score (nSPS) is 10.6. The van der Waals surface area contributed by atoms with Crippen LogP contribution in [0.5, 0.6) is 11.5 Å². The third-order valence-electron chi connectivity index (χ3n) is 5.30. The molecule has 0 fully saturated rings. The molecule has 1 amide bonds. The van der Waals surface area contributed by atoms with Gasteiger partial charge in [-0.2, -0.15) is 10.4 Å². The van der Waals surface area contributed by atoms with Crippen molar-refractivity contribution in [2.45, 2.75) is 6.61 Å². The summed E-state index contributed by atoms with van der Waals surface area (Å²) in [4.78, 5) is 30.9. The Hall–Kier alpha value is -5.43. The zero-order chi connectivity index (χ0) is 26.2. The quantitative estimate of drug-likeness (QED) is 0.238. The molecule has 3 aromatic carbocycles. The van der Waals surface area contributed by atoms with Crippen LogP contribution in [0.4, 0.5) is 5.95 Å². The first-order valence-electron chi connectivity index (χ1n) is 11.1. The van der Waals surface area contributed by atoms with Gasteiger partial charge in [-0.1, -0.05) is 42.5 Å². The summed E-state index contributed by atoms with van der Waals surface area (Å²) in [6.07, 6.45) is 1.53. The van der Waals surface area contributed by atoms with E-state index in [2.05, 4.69) is 20.5 Å². The molecule has 0 saturated heterocycles. The third kappa shape index (κ3) is 5.80. The minimum absolute atomic E-state index is 0.0826. The summed E-state index contributed by atoms with van der Waals surface area (Å²) in [7, 11) is 1.54. The lowest BCUT2D eigenvalue weighted by Crippen LogP contribution is -2.16. The summed E-state index contributed by atoms with van der Waals surface area (Å²) in [6, 6.07) is 22.9. The molecule has 0 atom stereocenters. The summed E-state index contributed by atoms with van der Waals surface area (Å²) >= 11 is 0. The molecule has 0 saturated carbocycles. The smallest absolute Gasteiger partial charge is 0.270 e. The van der Waals surface area contributed by atoms with Crippen LogP contribution < -0.4 is 26.2 Å². The maximum atomic E-state index is 12.4. The number of carbonyl (C=O) groups is 1. The lowest BCUT2D eigenvalue weighted by Gasteiger charge is -2.13. The van der Waals surface area contributed by atoms with Crippen LogP contribution in [0.3, 0.4) is 0 Å². The van der Waals surface area contributed by atoms with Crippen LogP contribution in [0, 0.1) is 11.3 Å². The molecule has 4 N–H and O–H groups in total. The molecular weight excluding hydrogens is 472 g/mol. The van der Waals surface area contributed by atoms with E-state index in [1.54, 1.807) is 73.8 Å². The fraction of sp³-hybridized carbons (Fsp3) is 0.0741. The number of rotatable bonds is 9. The molecule has 37 heavy (non-hydrogen) atoms. The highest BCUT2D eigenvalue weighted by Crippen LogP contribution is 2.24. The Bertz CT molecular complexity index is 1560. The highest BCUT2D eigenvalue weighted by atomic mass is 16.5. The predicted molar refractivity (Wildman–Crippen MR) is 139 cm³/mol. The van der Waals surface area contributed by atoms with E-state index in [4.69, 9.17) is 15.2 Å². The molecule has 10 heteroatoms. The van der Waals surface area contributed by atoms with Crippen molar-refractivity contribution in [1.29, 1.82) is 5.26 Å². The van der Waals surface area contributed by atoms with Crippen LogP contribution in [0.1, 0.15) is 27.0 Å². The largest absolute Gasteiger partial charge is 0.496 e. The molecule has 10 nitrogen and oxygen atoms in total. The molecule has 4 rings (SSSR count). The fourth-order valence-corrected chi connectivity index (χ4v) is 3.55. The van der Waals surface area contributed by atoms with Crippen molar-refractivity contribution in [3.8, 4) is 28.8 Å². The number of methoxy groups -OCH3 is 1. The molecule has 0 aliphatic rings. The number of nitrogens with two attached hydrogens (primary N) is 1. The summed E-state index contributed by atoms with van der Waals surface area (Å²) in [5.41, 5.74) is 10.0. The third-order valence-corrected chi connectivity index (χ3v) is 5.30. The highest BCUT2D eigenvalue weighted by Gasteiger charge is 2.13. The van der Waals surface area contributed by atoms with Crippen molar-refractivity contribution in [3.63, 3.8) is 0 Å². The number of nitriles is 1. The molecule has 0 aliphatic carbocycles. The van der Waals surface area contributed by atoms with Crippen molar-refractivity contribution in [2.75, 3.05) is 12.5 Å². The van der Waals surface area contributed by atoms with E-state index in [1.165, 1.54) is 6.21 Å².